The van der Waals surface area contributed by atoms with Crippen molar-refractivity contribution in [3.8, 4) is 5.75 Å². The van der Waals surface area contributed by atoms with Crippen molar-refractivity contribution >= 4 is 45.9 Å². The van der Waals surface area contributed by atoms with Crippen molar-refractivity contribution in [3.63, 3.8) is 0 Å². The molecule has 22 heavy (non-hydrogen) atoms. The molecule has 0 atom stereocenters. The number of aromatic nitrogens is 1. The third-order valence-electron chi connectivity index (χ3n) is 2.87. The Morgan fingerprint density at radius 2 is 2.09 bits per heavy atom. The molecule has 1 amide bonds. The van der Waals surface area contributed by atoms with Gasteiger partial charge in [0.05, 0.1) is 5.02 Å². The molecule has 7 heteroatoms. The Bertz CT molecular complexity index is 833. The minimum atomic E-state index is -0.315. The molecule has 1 aromatic heterocycles. The molecule has 3 aromatic rings. The molecule has 0 spiro atoms. The Hall–Kier alpha value is -2.24. The molecule has 0 radical (unpaired) electrons. The number of hydrogen-bond acceptors (Lipinski definition) is 4. The van der Waals surface area contributed by atoms with Crippen LogP contribution in [0.1, 0.15) is 0 Å². The van der Waals surface area contributed by atoms with E-state index in [0.717, 1.165) is 5.52 Å². The molecule has 3 rings (SSSR count). The van der Waals surface area contributed by atoms with Crippen LogP contribution in [0.5, 0.6) is 5.75 Å². The number of carbonyl (C=O) groups is 1. The average molecular weight is 337 g/mol. The Kier molecular flexibility index (Phi) is 4.18. The molecule has 0 saturated heterocycles. The minimum absolute atomic E-state index is 0.171. The summed E-state index contributed by atoms with van der Waals surface area (Å²) in [5.74, 6) is 0.0804. The maximum Gasteiger partial charge on any atom is 0.262 e. The van der Waals surface area contributed by atoms with Crippen molar-refractivity contribution in [3.05, 3.63) is 52.8 Å². The average Bonchev–Trinajstić information content (AvgIpc) is 2.94. The van der Waals surface area contributed by atoms with Crippen LogP contribution < -0.4 is 10.1 Å². The van der Waals surface area contributed by atoms with E-state index in [2.05, 4.69) is 10.3 Å². The highest BCUT2D eigenvalue weighted by molar-refractivity contribution is 6.35. The molecule has 2 aromatic carbocycles. The van der Waals surface area contributed by atoms with E-state index in [1.54, 1.807) is 36.4 Å². The van der Waals surface area contributed by atoms with Crippen LogP contribution in [0.15, 0.2) is 47.2 Å². The van der Waals surface area contributed by atoms with Gasteiger partial charge in [-0.1, -0.05) is 23.2 Å². The summed E-state index contributed by atoms with van der Waals surface area (Å²) in [7, 11) is 0. The predicted molar refractivity (Wildman–Crippen MR) is 84.6 cm³/mol. The van der Waals surface area contributed by atoms with Gasteiger partial charge in [0.1, 0.15) is 11.3 Å². The molecule has 112 valence electrons. The van der Waals surface area contributed by atoms with Gasteiger partial charge in [-0.2, -0.15) is 0 Å². The van der Waals surface area contributed by atoms with Gasteiger partial charge in [0, 0.05) is 16.8 Å². The quantitative estimate of drug-likeness (QED) is 0.777. The molecule has 5 nitrogen and oxygen atoms in total. The van der Waals surface area contributed by atoms with Crippen molar-refractivity contribution < 1.29 is 13.9 Å². The summed E-state index contributed by atoms with van der Waals surface area (Å²) in [5.41, 5.74) is 1.92. The summed E-state index contributed by atoms with van der Waals surface area (Å²) in [4.78, 5) is 15.9. The lowest BCUT2D eigenvalue weighted by Gasteiger charge is -2.09. The summed E-state index contributed by atoms with van der Waals surface area (Å²) in [6.07, 6.45) is 1.35. The molecule has 0 aliphatic carbocycles. The molecule has 1 heterocycles. The monoisotopic (exact) mass is 336 g/mol. The van der Waals surface area contributed by atoms with Gasteiger partial charge >= 0.3 is 0 Å². The molecular weight excluding hydrogens is 327 g/mol. The van der Waals surface area contributed by atoms with Gasteiger partial charge in [-0.3, -0.25) is 4.79 Å². The fourth-order valence-electron chi connectivity index (χ4n) is 1.87. The Morgan fingerprint density at radius 1 is 1.23 bits per heavy atom. The molecule has 0 fully saturated rings. The van der Waals surface area contributed by atoms with Gasteiger partial charge < -0.3 is 14.5 Å². The maximum atomic E-state index is 11.9. The summed E-state index contributed by atoms with van der Waals surface area (Å²) < 4.78 is 10.5. The number of benzene rings is 2. The highest BCUT2D eigenvalue weighted by atomic mass is 35.5. The SMILES string of the molecule is O=C(COc1ccc(Cl)cc1Cl)Nc1ccc2ncoc2c1. The smallest absolute Gasteiger partial charge is 0.262 e. The third kappa shape index (κ3) is 3.32. The number of oxazole rings is 1. The molecule has 0 saturated carbocycles. The van der Waals surface area contributed by atoms with E-state index in [1.807, 2.05) is 0 Å². The van der Waals surface area contributed by atoms with Crippen molar-refractivity contribution in [2.45, 2.75) is 0 Å². The number of amides is 1. The van der Waals surface area contributed by atoms with Gasteiger partial charge in [0.15, 0.2) is 18.6 Å². The van der Waals surface area contributed by atoms with E-state index in [1.165, 1.54) is 6.39 Å². The molecule has 0 aliphatic heterocycles. The van der Waals surface area contributed by atoms with E-state index in [-0.39, 0.29) is 12.5 Å². The zero-order valence-electron chi connectivity index (χ0n) is 11.2. The first-order chi connectivity index (χ1) is 10.6. The highest BCUT2D eigenvalue weighted by Crippen LogP contribution is 2.27. The van der Waals surface area contributed by atoms with E-state index >= 15 is 0 Å². The Balaban J connectivity index is 1.62. The Morgan fingerprint density at radius 3 is 2.91 bits per heavy atom. The number of hydrogen-bond donors (Lipinski definition) is 1. The van der Waals surface area contributed by atoms with Gasteiger partial charge in [0.2, 0.25) is 0 Å². The molecule has 1 N–H and O–H groups in total. The number of halogens is 2. The van der Waals surface area contributed by atoms with Crippen LogP contribution in [0.4, 0.5) is 5.69 Å². The zero-order chi connectivity index (χ0) is 15.5. The minimum Gasteiger partial charge on any atom is -0.482 e. The highest BCUT2D eigenvalue weighted by Gasteiger charge is 2.08. The normalized spacial score (nSPS) is 10.6. The van der Waals surface area contributed by atoms with Crippen LogP contribution in [0.25, 0.3) is 11.1 Å². The molecule has 0 bridgehead atoms. The van der Waals surface area contributed by atoms with Gasteiger partial charge in [0.25, 0.3) is 5.91 Å². The van der Waals surface area contributed by atoms with Crippen LogP contribution in [-0.4, -0.2) is 17.5 Å². The van der Waals surface area contributed by atoms with Crippen LogP contribution in [-0.2, 0) is 4.79 Å². The first-order valence-corrected chi connectivity index (χ1v) is 7.08. The number of nitrogens with one attached hydrogen (secondary N) is 1. The van der Waals surface area contributed by atoms with Crippen LogP contribution in [0.3, 0.4) is 0 Å². The second kappa shape index (κ2) is 6.25. The van der Waals surface area contributed by atoms with Gasteiger partial charge in [-0.15, -0.1) is 0 Å². The summed E-state index contributed by atoms with van der Waals surface area (Å²) in [6, 6.07) is 9.98. The van der Waals surface area contributed by atoms with E-state index in [4.69, 9.17) is 32.4 Å². The number of carbonyl (C=O) groups excluding carboxylic acids is 1. The topological polar surface area (TPSA) is 64.4 Å². The van der Waals surface area contributed by atoms with Crippen LogP contribution in [0.2, 0.25) is 10.0 Å². The zero-order valence-corrected chi connectivity index (χ0v) is 12.7. The van der Waals surface area contributed by atoms with Crippen molar-refractivity contribution in [1.82, 2.24) is 4.98 Å². The number of ether oxygens (including phenoxy) is 1. The fourth-order valence-corrected chi connectivity index (χ4v) is 2.33. The van der Waals surface area contributed by atoms with Crippen LogP contribution >= 0.6 is 23.2 Å². The number of rotatable bonds is 4. The largest absolute Gasteiger partial charge is 0.482 e. The number of nitrogens with zero attached hydrogens (tertiary/aromatic N) is 1. The number of fused-ring (bicyclic) bond motifs is 1. The summed E-state index contributed by atoms with van der Waals surface area (Å²) in [5, 5.41) is 3.56. The van der Waals surface area contributed by atoms with E-state index in [9.17, 15) is 4.79 Å². The summed E-state index contributed by atoms with van der Waals surface area (Å²) >= 11 is 11.8. The fraction of sp³-hybridized carbons (Fsp3) is 0.0667. The second-order valence-electron chi connectivity index (χ2n) is 4.45. The van der Waals surface area contributed by atoms with Crippen molar-refractivity contribution in [2.75, 3.05) is 11.9 Å². The molecular formula is C15H10Cl2N2O3. The predicted octanol–water partition coefficient (Wildman–Crippen LogP) is 4.15. The lowest BCUT2D eigenvalue weighted by Crippen LogP contribution is -2.20. The lowest BCUT2D eigenvalue weighted by atomic mass is 10.3. The van der Waals surface area contributed by atoms with Gasteiger partial charge in [-0.25, -0.2) is 4.98 Å². The summed E-state index contributed by atoms with van der Waals surface area (Å²) in [6.45, 7) is -0.171. The van der Waals surface area contributed by atoms with E-state index < -0.39 is 0 Å². The van der Waals surface area contributed by atoms with Crippen molar-refractivity contribution in [2.24, 2.45) is 0 Å². The lowest BCUT2D eigenvalue weighted by molar-refractivity contribution is -0.118. The first-order valence-electron chi connectivity index (χ1n) is 6.33. The Labute approximate surface area is 135 Å². The third-order valence-corrected chi connectivity index (χ3v) is 3.40. The van der Waals surface area contributed by atoms with Gasteiger partial charge in [-0.05, 0) is 30.3 Å². The maximum absolute atomic E-state index is 11.9. The van der Waals surface area contributed by atoms with E-state index in [0.29, 0.717) is 27.1 Å². The standard InChI is InChI=1S/C15H10Cl2N2O3/c16-9-1-4-13(11(17)5-9)21-7-15(20)19-10-2-3-12-14(6-10)22-8-18-12/h1-6,8H,7H2,(H,19,20). The molecule has 0 unspecified atom stereocenters. The van der Waals surface area contributed by atoms with Crippen molar-refractivity contribution in [1.29, 1.82) is 0 Å². The number of anilines is 1. The van der Waals surface area contributed by atoms with Crippen LogP contribution in [0, 0.1) is 0 Å². The first kappa shape index (κ1) is 14.7. The second-order valence-corrected chi connectivity index (χ2v) is 5.29. The molecule has 0 aliphatic rings.